The lowest BCUT2D eigenvalue weighted by Gasteiger charge is -2.23. The van der Waals surface area contributed by atoms with Gasteiger partial charge in [0.1, 0.15) is 0 Å². The number of quaternary nitrogens is 1. The predicted molar refractivity (Wildman–Crippen MR) is 103 cm³/mol. The topological polar surface area (TPSA) is 62.6 Å². The number of hydrogen-bond donors (Lipinski definition) is 3. The summed E-state index contributed by atoms with van der Waals surface area (Å²) < 4.78 is 26.0. The molecule has 5 nitrogen and oxygen atoms in total. The van der Waals surface area contributed by atoms with Gasteiger partial charge in [0.05, 0.1) is 19.6 Å². The highest BCUT2D eigenvalue weighted by atomic mass is 19.2. The molecule has 0 saturated heterocycles. The van der Waals surface area contributed by atoms with Crippen LogP contribution in [-0.4, -0.2) is 38.0 Å². The van der Waals surface area contributed by atoms with E-state index in [1.54, 1.807) is 0 Å². The minimum Gasteiger partial charge on any atom is -0.342 e. The zero-order valence-electron chi connectivity index (χ0n) is 15.3. The number of nitrogens with one attached hydrogen (secondary N) is 3. The van der Waals surface area contributed by atoms with Crippen LogP contribution in [0.1, 0.15) is 12.0 Å². The normalized spacial score (nSPS) is 16.2. The maximum atomic E-state index is 13.1. The number of hydrogen-bond acceptors (Lipinski definition) is 2. The van der Waals surface area contributed by atoms with Crippen LogP contribution in [-0.2, 0) is 9.59 Å². The fraction of sp³-hybridized carbons (Fsp3) is 0.238. The molecule has 0 fully saturated rings. The van der Waals surface area contributed by atoms with Gasteiger partial charge in [-0.3, -0.25) is 9.59 Å². The summed E-state index contributed by atoms with van der Waals surface area (Å²) in [5, 5.41) is 4.97. The van der Waals surface area contributed by atoms with Gasteiger partial charge in [-0.05, 0) is 29.3 Å². The van der Waals surface area contributed by atoms with Gasteiger partial charge in [0, 0.05) is 18.2 Å². The van der Waals surface area contributed by atoms with E-state index in [2.05, 4.69) is 28.8 Å². The van der Waals surface area contributed by atoms with Crippen LogP contribution in [0.4, 0.5) is 14.5 Å². The van der Waals surface area contributed by atoms with Crippen molar-refractivity contribution < 1.29 is 23.3 Å². The molecule has 1 unspecified atom stereocenters. The third-order valence-corrected chi connectivity index (χ3v) is 4.59. The van der Waals surface area contributed by atoms with Gasteiger partial charge >= 0.3 is 0 Å². The Morgan fingerprint density at radius 2 is 1.79 bits per heavy atom. The van der Waals surface area contributed by atoms with Crippen molar-refractivity contribution in [2.75, 3.05) is 31.5 Å². The van der Waals surface area contributed by atoms with Gasteiger partial charge < -0.3 is 15.5 Å². The Bertz CT molecular complexity index is 884. The number of halogens is 2. The van der Waals surface area contributed by atoms with E-state index in [0.717, 1.165) is 36.5 Å². The number of carbonyl (C=O) groups excluding carboxylic acids is 2. The Kier molecular flexibility index (Phi) is 6.49. The zero-order chi connectivity index (χ0) is 19.9. The molecule has 0 spiro atoms. The summed E-state index contributed by atoms with van der Waals surface area (Å²) in [7, 11) is 0. The summed E-state index contributed by atoms with van der Waals surface area (Å²) in [6, 6.07) is 13.2. The van der Waals surface area contributed by atoms with Gasteiger partial charge in [-0.15, -0.1) is 0 Å². The average molecular weight is 386 g/mol. The lowest BCUT2D eigenvalue weighted by atomic mass is 10.00. The maximum Gasteiger partial charge on any atom is 0.275 e. The lowest BCUT2D eigenvalue weighted by molar-refractivity contribution is -0.886. The summed E-state index contributed by atoms with van der Waals surface area (Å²) in [6.45, 7) is 1.64. The molecular weight excluding hydrogens is 364 g/mol. The van der Waals surface area contributed by atoms with Crippen molar-refractivity contribution in [1.29, 1.82) is 0 Å². The van der Waals surface area contributed by atoms with Gasteiger partial charge in [-0.2, -0.15) is 0 Å². The first-order valence-corrected chi connectivity index (χ1v) is 9.11. The fourth-order valence-electron chi connectivity index (χ4n) is 3.11. The smallest absolute Gasteiger partial charge is 0.275 e. The Balaban J connectivity index is 1.41. The van der Waals surface area contributed by atoms with Crippen LogP contribution in [0, 0.1) is 11.6 Å². The van der Waals surface area contributed by atoms with Crippen LogP contribution >= 0.6 is 0 Å². The number of amides is 2. The van der Waals surface area contributed by atoms with Crippen molar-refractivity contribution in [3.63, 3.8) is 0 Å². The number of anilines is 1. The summed E-state index contributed by atoms with van der Waals surface area (Å²) in [5.41, 5.74) is 2.63. The quantitative estimate of drug-likeness (QED) is 0.703. The van der Waals surface area contributed by atoms with E-state index in [9.17, 15) is 18.4 Å². The van der Waals surface area contributed by atoms with Crippen LogP contribution in [0.25, 0.3) is 5.57 Å². The molecule has 0 aliphatic carbocycles. The monoisotopic (exact) mass is 386 g/mol. The molecule has 2 aromatic rings. The van der Waals surface area contributed by atoms with Crippen molar-refractivity contribution in [2.45, 2.75) is 6.42 Å². The van der Waals surface area contributed by atoms with E-state index in [1.165, 1.54) is 17.2 Å². The van der Waals surface area contributed by atoms with Gasteiger partial charge in [-0.1, -0.05) is 30.3 Å². The first kappa shape index (κ1) is 19.7. The summed E-state index contributed by atoms with van der Waals surface area (Å²) in [4.78, 5) is 25.0. The summed E-state index contributed by atoms with van der Waals surface area (Å²) in [5.74, 6) is -2.76. The molecule has 0 aromatic heterocycles. The van der Waals surface area contributed by atoms with Gasteiger partial charge in [0.25, 0.3) is 5.91 Å². The van der Waals surface area contributed by atoms with Crippen molar-refractivity contribution in [3.8, 4) is 0 Å². The van der Waals surface area contributed by atoms with Crippen molar-refractivity contribution in [1.82, 2.24) is 5.32 Å². The second-order valence-electron chi connectivity index (χ2n) is 6.68. The molecule has 1 heterocycles. The first-order valence-electron chi connectivity index (χ1n) is 9.11. The van der Waals surface area contributed by atoms with Gasteiger partial charge in [-0.25, -0.2) is 8.78 Å². The maximum absolute atomic E-state index is 13.1. The molecule has 1 atom stereocenters. The Hall–Kier alpha value is -3.06. The van der Waals surface area contributed by atoms with Crippen LogP contribution in [0.5, 0.6) is 0 Å². The molecule has 1 aliphatic heterocycles. The van der Waals surface area contributed by atoms with Crippen LogP contribution < -0.4 is 15.5 Å². The van der Waals surface area contributed by atoms with E-state index in [1.807, 2.05) is 18.2 Å². The highest BCUT2D eigenvalue weighted by Crippen LogP contribution is 2.17. The van der Waals surface area contributed by atoms with E-state index in [4.69, 9.17) is 0 Å². The Morgan fingerprint density at radius 3 is 2.46 bits per heavy atom. The molecule has 0 radical (unpaired) electrons. The van der Waals surface area contributed by atoms with E-state index in [0.29, 0.717) is 0 Å². The molecule has 1 aliphatic rings. The first-order chi connectivity index (χ1) is 13.5. The van der Waals surface area contributed by atoms with Gasteiger partial charge in [0.2, 0.25) is 5.91 Å². The minimum atomic E-state index is -1.04. The summed E-state index contributed by atoms with van der Waals surface area (Å²) >= 11 is 0. The standard InChI is InChI=1S/C21H21F2N3O2/c22-18-7-6-17(12-19(18)23)25-20(27)13-24-21(28)14-26-10-8-16(9-11-26)15-4-2-1-3-5-15/h1-8,12H,9-11,13-14H2,(H,24,28)(H,25,27)/p+1. The molecule has 0 bridgehead atoms. The van der Waals surface area contributed by atoms with E-state index in [-0.39, 0.29) is 24.7 Å². The molecule has 28 heavy (non-hydrogen) atoms. The predicted octanol–water partition coefficient (Wildman–Crippen LogP) is 1.39. The third-order valence-electron chi connectivity index (χ3n) is 4.59. The third kappa shape index (κ3) is 5.47. The summed E-state index contributed by atoms with van der Waals surface area (Å²) in [6.07, 6.45) is 3.04. The number of carbonyl (C=O) groups is 2. The van der Waals surface area contributed by atoms with Crippen molar-refractivity contribution in [2.24, 2.45) is 0 Å². The molecule has 3 rings (SSSR count). The van der Waals surface area contributed by atoms with Gasteiger partial charge in [0.15, 0.2) is 18.2 Å². The number of benzene rings is 2. The Labute approximate surface area is 162 Å². The average Bonchev–Trinajstić information content (AvgIpc) is 2.70. The molecule has 146 valence electrons. The molecule has 0 saturated carbocycles. The molecule has 2 aromatic carbocycles. The van der Waals surface area contributed by atoms with E-state index < -0.39 is 17.5 Å². The lowest BCUT2D eigenvalue weighted by Crippen LogP contribution is -3.13. The Morgan fingerprint density at radius 1 is 1.00 bits per heavy atom. The second kappa shape index (κ2) is 9.23. The minimum absolute atomic E-state index is 0.137. The van der Waals surface area contributed by atoms with E-state index >= 15 is 0 Å². The van der Waals surface area contributed by atoms with Crippen molar-refractivity contribution in [3.05, 3.63) is 71.8 Å². The molecular formula is C21H22F2N3O2+. The highest BCUT2D eigenvalue weighted by Gasteiger charge is 2.19. The van der Waals surface area contributed by atoms with Crippen LogP contribution in [0.2, 0.25) is 0 Å². The fourth-order valence-corrected chi connectivity index (χ4v) is 3.11. The highest BCUT2D eigenvalue weighted by molar-refractivity contribution is 5.94. The van der Waals surface area contributed by atoms with Crippen LogP contribution in [0.15, 0.2) is 54.6 Å². The molecule has 3 N–H and O–H groups in total. The largest absolute Gasteiger partial charge is 0.342 e. The molecule has 2 amide bonds. The molecule has 7 heteroatoms. The van der Waals surface area contributed by atoms with Crippen molar-refractivity contribution >= 4 is 23.1 Å². The SMILES string of the molecule is O=C(C[NH+]1CC=C(c2ccccc2)CC1)NCC(=O)Nc1ccc(F)c(F)c1. The van der Waals surface area contributed by atoms with Crippen LogP contribution in [0.3, 0.4) is 0 Å². The number of rotatable bonds is 6. The second-order valence-corrected chi connectivity index (χ2v) is 6.68. The zero-order valence-corrected chi connectivity index (χ0v) is 15.3.